The Kier molecular flexibility index (Phi) is 5.67. The third-order valence-corrected chi connectivity index (χ3v) is 3.56. The van der Waals surface area contributed by atoms with E-state index in [1.807, 2.05) is 12.1 Å². The number of aryl methyl sites for hydroxylation is 1. The maximum Gasteiger partial charge on any atom is 0.166 e. The van der Waals surface area contributed by atoms with Gasteiger partial charge in [-0.3, -0.25) is 0 Å². The van der Waals surface area contributed by atoms with Crippen molar-refractivity contribution in [1.29, 1.82) is 0 Å². The molecule has 0 bridgehead atoms. The van der Waals surface area contributed by atoms with Crippen LogP contribution in [-0.4, -0.2) is 12.6 Å². The Balaban J connectivity index is 2.17. The molecule has 0 aliphatic rings. The molecule has 0 spiro atoms. The lowest BCUT2D eigenvalue weighted by Crippen LogP contribution is -2.35. The summed E-state index contributed by atoms with van der Waals surface area (Å²) in [5.74, 6) is 1.58. The lowest BCUT2D eigenvalue weighted by molar-refractivity contribution is 0.279. The molecule has 0 saturated carbocycles. The molecule has 23 heavy (non-hydrogen) atoms. The molecule has 1 N–H and O–H groups in total. The molecule has 0 aliphatic carbocycles. The standard InChI is InChI=1S/C20H27NO2/c1-15-8-6-9-16(12-15)14-23-19-17(13-21-20(2,3)4)10-7-11-18(19)22-5/h6-12,21H,13-14H2,1-5H3. The highest BCUT2D eigenvalue weighted by molar-refractivity contribution is 5.46. The van der Waals surface area contributed by atoms with Crippen molar-refractivity contribution in [3.8, 4) is 11.5 Å². The SMILES string of the molecule is COc1cccc(CNC(C)(C)C)c1OCc1cccc(C)c1. The Morgan fingerprint density at radius 2 is 1.78 bits per heavy atom. The van der Waals surface area contributed by atoms with Crippen LogP contribution in [0.25, 0.3) is 0 Å². The van der Waals surface area contributed by atoms with E-state index in [9.17, 15) is 0 Å². The zero-order valence-electron chi connectivity index (χ0n) is 14.8. The number of nitrogens with one attached hydrogen (secondary N) is 1. The van der Waals surface area contributed by atoms with Gasteiger partial charge >= 0.3 is 0 Å². The molecule has 3 nitrogen and oxygen atoms in total. The lowest BCUT2D eigenvalue weighted by atomic mass is 10.1. The summed E-state index contributed by atoms with van der Waals surface area (Å²) in [6, 6.07) is 14.4. The number of para-hydroxylation sites is 1. The maximum atomic E-state index is 6.10. The minimum atomic E-state index is 0.0525. The van der Waals surface area contributed by atoms with Gasteiger partial charge < -0.3 is 14.8 Å². The number of rotatable bonds is 6. The van der Waals surface area contributed by atoms with E-state index in [1.165, 1.54) is 5.56 Å². The summed E-state index contributed by atoms with van der Waals surface area (Å²) in [4.78, 5) is 0. The summed E-state index contributed by atoms with van der Waals surface area (Å²) < 4.78 is 11.6. The van der Waals surface area contributed by atoms with Crippen molar-refractivity contribution in [3.05, 3.63) is 59.2 Å². The Labute approximate surface area is 139 Å². The summed E-state index contributed by atoms with van der Waals surface area (Å²) in [6.45, 7) is 9.82. The van der Waals surface area contributed by atoms with Crippen molar-refractivity contribution in [3.63, 3.8) is 0 Å². The predicted molar refractivity (Wildman–Crippen MR) is 95.1 cm³/mol. The van der Waals surface area contributed by atoms with Gasteiger partial charge in [0.1, 0.15) is 6.61 Å². The first-order valence-electron chi connectivity index (χ1n) is 7.98. The molecule has 0 aromatic heterocycles. The van der Waals surface area contributed by atoms with Gasteiger partial charge in [-0.15, -0.1) is 0 Å². The summed E-state index contributed by atoms with van der Waals surface area (Å²) >= 11 is 0. The molecule has 0 unspecified atom stereocenters. The third-order valence-electron chi connectivity index (χ3n) is 3.56. The third kappa shape index (κ3) is 5.29. The van der Waals surface area contributed by atoms with Crippen molar-refractivity contribution in [2.75, 3.05) is 7.11 Å². The van der Waals surface area contributed by atoms with Crippen molar-refractivity contribution in [1.82, 2.24) is 5.32 Å². The molecular weight excluding hydrogens is 286 g/mol. The van der Waals surface area contributed by atoms with E-state index < -0.39 is 0 Å². The highest BCUT2D eigenvalue weighted by Crippen LogP contribution is 2.32. The molecule has 0 amide bonds. The van der Waals surface area contributed by atoms with Crippen molar-refractivity contribution < 1.29 is 9.47 Å². The molecule has 2 aromatic rings. The van der Waals surface area contributed by atoms with Gasteiger partial charge in [0, 0.05) is 17.6 Å². The van der Waals surface area contributed by atoms with Crippen LogP contribution in [0.15, 0.2) is 42.5 Å². The molecule has 0 aliphatic heterocycles. The monoisotopic (exact) mass is 313 g/mol. The van der Waals surface area contributed by atoms with Crippen LogP contribution in [0.1, 0.15) is 37.5 Å². The fraction of sp³-hybridized carbons (Fsp3) is 0.400. The minimum Gasteiger partial charge on any atom is -0.493 e. The van der Waals surface area contributed by atoms with E-state index >= 15 is 0 Å². The van der Waals surface area contributed by atoms with Crippen LogP contribution in [-0.2, 0) is 13.2 Å². The van der Waals surface area contributed by atoms with Crippen molar-refractivity contribution in [2.45, 2.75) is 46.4 Å². The summed E-state index contributed by atoms with van der Waals surface area (Å²) in [5.41, 5.74) is 3.55. The topological polar surface area (TPSA) is 30.5 Å². The molecular formula is C20H27NO2. The lowest BCUT2D eigenvalue weighted by Gasteiger charge is -2.22. The molecule has 2 aromatic carbocycles. The number of ether oxygens (including phenoxy) is 2. The fourth-order valence-corrected chi connectivity index (χ4v) is 2.34. The minimum absolute atomic E-state index is 0.0525. The summed E-state index contributed by atoms with van der Waals surface area (Å²) in [5, 5.41) is 3.50. The second kappa shape index (κ2) is 7.51. The Morgan fingerprint density at radius 1 is 1.04 bits per heavy atom. The molecule has 0 saturated heterocycles. The Hall–Kier alpha value is -2.00. The molecule has 0 fully saturated rings. The molecule has 2 rings (SSSR count). The van der Waals surface area contributed by atoms with Gasteiger partial charge in [0.25, 0.3) is 0 Å². The second-order valence-electron chi connectivity index (χ2n) is 6.83. The highest BCUT2D eigenvalue weighted by Gasteiger charge is 2.14. The average Bonchev–Trinajstić information content (AvgIpc) is 2.50. The molecule has 0 heterocycles. The van der Waals surface area contributed by atoms with E-state index in [0.29, 0.717) is 6.61 Å². The molecule has 0 atom stereocenters. The van der Waals surface area contributed by atoms with Gasteiger partial charge in [-0.2, -0.15) is 0 Å². The first-order chi connectivity index (χ1) is 10.9. The van der Waals surface area contributed by atoms with Crippen molar-refractivity contribution in [2.24, 2.45) is 0 Å². The Morgan fingerprint density at radius 3 is 2.43 bits per heavy atom. The van der Waals surface area contributed by atoms with Crippen LogP contribution in [0, 0.1) is 6.92 Å². The number of methoxy groups -OCH3 is 1. The quantitative estimate of drug-likeness (QED) is 0.853. The van der Waals surface area contributed by atoms with Gasteiger partial charge in [-0.25, -0.2) is 0 Å². The summed E-state index contributed by atoms with van der Waals surface area (Å²) in [6.07, 6.45) is 0. The van der Waals surface area contributed by atoms with Gasteiger partial charge in [0.05, 0.1) is 7.11 Å². The predicted octanol–water partition coefficient (Wildman–Crippen LogP) is 4.47. The number of hydrogen-bond donors (Lipinski definition) is 1. The van der Waals surface area contributed by atoms with E-state index in [-0.39, 0.29) is 5.54 Å². The average molecular weight is 313 g/mol. The van der Waals surface area contributed by atoms with E-state index in [2.05, 4.69) is 63.3 Å². The van der Waals surface area contributed by atoms with E-state index in [1.54, 1.807) is 7.11 Å². The molecule has 0 radical (unpaired) electrons. The van der Waals surface area contributed by atoms with Crippen molar-refractivity contribution >= 4 is 0 Å². The normalized spacial score (nSPS) is 11.3. The first kappa shape index (κ1) is 17.4. The van der Waals surface area contributed by atoms with Gasteiger partial charge in [-0.05, 0) is 39.3 Å². The summed E-state index contributed by atoms with van der Waals surface area (Å²) in [7, 11) is 1.68. The van der Waals surface area contributed by atoms with Gasteiger partial charge in [0.2, 0.25) is 0 Å². The smallest absolute Gasteiger partial charge is 0.166 e. The zero-order valence-corrected chi connectivity index (χ0v) is 14.8. The van der Waals surface area contributed by atoms with E-state index in [4.69, 9.17) is 9.47 Å². The molecule has 124 valence electrons. The maximum absolute atomic E-state index is 6.10. The Bertz CT molecular complexity index is 644. The second-order valence-corrected chi connectivity index (χ2v) is 6.83. The van der Waals surface area contributed by atoms with Gasteiger partial charge in [-0.1, -0.05) is 42.0 Å². The molecule has 3 heteroatoms. The van der Waals surface area contributed by atoms with Crippen LogP contribution < -0.4 is 14.8 Å². The van der Waals surface area contributed by atoms with E-state index in [0.717, 1.165) is 29.2 Å². The van der Waals surface area contributed by atoms with Crippen LogP contribution in [0.5, 0.6) is 11.5 Å². The fourth-order valence-electron chi connectivity index (χ4n) is 2.34. The number of hydrogen-bond acceptors (Lipinski definition) is 3. The van der Waals surface area contributed by atoms with Crippen LogP contribution in [0.4, 0.5) is 0 Å². The largest absolute Gasteiger partial charge is 0.493 e. The highest BCUT2D eigenvalue weighted by atomic mass is 16.5. The van der Waals surface area contributed by atoms with Crippen LogP contribution >= 0.6 is 0 Å². The van der Waals surface area contributed by atoms with Crippen LogP contribution in [0.2, 0.25) is 0 Å². The van der Waals surface area contributed by atoms with Crippen LogP contribution in [0.3, 0.4) is 0 Å². The van der Waals surface area contributed by atoms with Gasteiger partial charge in [0.15, 0.2) is 11.5 Å². The zero-order chi connectivity index (χ0) is 16.9. The number of benzene rings is 2. The first-order valence-corrected chi connectivity index (χ1v) is 7.98.